The Morgan fingerprint density at radius 1 is 1.17 bits per heavy atom. The molecule has 1 N–H and O–H groups in total. The third-order valence-electron chi connectivity index (χ3n) is 3.13. The number of nitrogens with zero attached hydrogens (tertiary/aromatic N) is 4. The van der Waals surface area contributed by atoms with Crippen LogP contribution in [0.3, 0.4) is 0 Å². The molecular formula is C14H8F3N5O2. The summed E-state index contributed by atoms with van der Waals surface area (Å²) in [7, 11) is 0. The van der Waals surface area contributed by atoms with Crippen LogP contribution in [-0.2, 0) is 6.18 Å². The Bertz CT molecular complexity index is 890. The maximum absolute atomic E-state index is 12.5. The molecular weight excluding hydrogens is 327 g/mol. The number of aromatic nitrogens is 4. The molecule has 0 saturated heterocycles. The van der Waals surface area contributed by atoms with Gasteiger partial charge in [-0.2, -0.15) is 18.3 Å². The standard InChI is InChI=1S/C14H8F3N5O2/c15-14(16,17)9-4-5-11(18-7-9)13-19-12(20-21-13)8-2-1-3-10(6-8)22(23)24/h1-7H,(H,19,20,21). The average Bonchev–Trinajstić information content (AvgIpc) is 3.04. The quantitative estimate of drug-likeness (QED) is 0.584. The maximum atomic E-state index is 12.5. The molecule has 0 radical (unpaired) electrons. The second-order valence-electron chi connectivity index (χ2n) is 4.74. The molecule has 0 bridgehead atoms. The number of alkyl halides is 3. The van der Waals surface area contributed by atoms with Gasteiger partial charge < -0.3 is 0 Å². The highest BCUT2D eigenvalue weighted by Crippen LogP contribution is 2.29. The van der Waals surface area contributed by atoms with E-state index in [1.165, 1.54) is 24.3 Å². The fourth-order valence-corrected chi connectivity index (χ4v) is 1.97. The topological polar surface area (TPSA) is 97.6 Å². The predicted octanol–water partition coefficient (Wildman–Crippen LogP) is 3.46. The Hall–Kier alpha value is -3.30. The number of non-ortho nitro benzene ring substituents is 1. The van der Waals surface area contributed by atoms with Crippen molar-refractivity contribution in [1.29, 1.82) is 0 Å². The molecule has 0 aliphatic heterocycles. The largest absolute Gasteiger partial charge is 0.417 e. The first-order valence-electron chi connectivity index (χ1n) is 6.55. The van der Waals surface area contributed by atoms with Gasteiger partial charge in [0.15, 0.2) is 11.6 Å². The lowest BCUT2D eigenvalue weighted by atomic mass is 10.2. The van der Waals surface area contributed by atoms with Crippen molar-refractivity contribution in [2.24, 2.45) is 0 Å². The number of benzene rings is 1. The number of nitro benzene ring substituents is 1. The summed E-state index contributed by atoms with van der Waals surface area (Å²) in [6.07, 6.45) is -3.77. The molecule has 0 fully saturated rings. The van der Waals surface area contributed by atoms with Gasteiger partial charge >= 0.3 is 6.18 Å². The Morgan fingerprint density at radius 2 is 1.96 bits per heavy atom. The monoisotopic (exact) mass is 335 g/mol. The molecule has 24 heavy (non-hydrogen) atoms. The zero-order chi connectivity index (χ0) is 17.3. The van der Waals surface area contributed by atoms with Gasteiger partial charge in [0, 0.05) is 23.9 Å². The SMILES string of the molecule is O=[N+]([O-])c1cccc(-c2n[nH]c(-c3ccc(C(F)(F)F)cn3)n2)c1. The molecule has 0 saturated carbocycles. The molecule has 0 spiro atoms. The summed E-state index contributed by atoms with van der Waals surface area (Å²) >= 11 is 0. The Labute approximate surface area is 132 Å². The van der Waals surface area contributed by atoms with E-state index >= 15 is 0 Å². The lowest BCUT2D eigenvalue weighted by Crippen LogP contribution is -2.05. The van der Waals surface area contributed by atoms with Gasteiger partial charge in [-0.25, -0.2) is 4.98 Å². The molecule has 2 aromatic heterocycles. The highest BCUT2D eigenvalue weighted by Gasteiger charge is 2.30. The van der Waals surface area contributed by atoms with Crippen LogP contribution in [0.15, 0.2) is 42.6 Å². The van der Waals surface area contributed by atoms with E-state index in [4.69, 9.17) is 0 Å². The predicted molar refractivity (Wildman–Crippen MR) is 76.7 cm³/mol. The Balaban J connectivity index is 1.91. The Morgan fingerprint density at radius 3 is 2.58 bits per heavy atom. The van der Waals surface area contributed by atoms with Crippen LogP contribution in [0.25, 0.3) is 22.9 Å². The summed E-state index contributed by atoms with van der Waals surface area (Å²) in [5, 5.41) is 17.2. The number of rotatable bonds is 3. The van der Waals surface area contributed by atoms with Gasteiger partial charge in [-0.05, 0) is 12.1 Å². The third kappa shape index (κ3) is 3.07. The molecule has 7 nitrogen and oxygen atoms in total. The maximum Gasteiger partial charge on any atom is 0.417 e. The molecule has 1 aromatic carbocycles. The van der Waals surface area contributed by atoms with Gasteiger partial charge in [-0.15, -0.1) is 0 Å². The van der Waals surface area contributed by atoms with E-state index < -0.39 is 16.7 Å². The molecule has 0 aliphatic carbocycles. The van der Waals surface area contributed by atoms with Gasteiger partial charge in [0.05, 0.1) is 10.5 Å². The summed E-state index contributed by atoms with van der Waals surface area (Å²) in [6.45, 7) is 0. The lowest BCUT2D eigenvalue weighted by molar-refractivity contribution is -0.384. The second kappa shape index (κ2) is 5.72. The van der Waals surface area contributed by atoms with Gasteiger partial charge in [0.25, 0.3) is 5.69 Å². The number of hydrogen-bond acceptors (Lipinski definition) is 5. The minimum atomic E-state index is -4.47. The van der Waals surface area contributed by atoms with Crippen molar-refractivity contribution >= 4 is 5.69 Å². The zero-order valence-electron chi connectivity index (χ0n) is 11.8. The summed E-state index contributed by atoms with van der Waals surface area (Å²) < 4.78 is 37.6. The molecule has 3 rings (SSSR count). The molecule has 0 aliphatic rings. The molecule has 122 valence electrons. The van der Waals surface area contributed by atoms with Crippen LogP contribution in [0.4, 0.5) is 18.9 Å². The molecule has 0 unspecified atom stereocenters. The number of nitrogens with one attached hydrogen (secondary N) is 1. The number of nitro groups is 1. The van der Waals surface area contributed by atoms with Crippen LogP contribution in [0.1, 0.15) is 5.56 Å². The van der Waals surface area contributed by atoms with Crippen molar-refractivity contribution < 1.29 is 18.1 Å². The van der Waals surface area contributed by atoms with Crippen molar-refractivity contribution in [1.82, 2.24) is 20.2 Å². The van der Waals surface area contributed by atoms with Crippen LogP contribution in [-0.4, -0.2) is 25.1 Å². The van der Waals surface area contributed by atoms with Crippen molar-refractivity contribution in [3.8, 4) is 22.9 Å². The van der Waals surface area contributed by atoms with E-state index in [9.17, 15) is 23.3 Å². The summed E-state index contributed by atoms with van der Waals surface area (Å²) in [4.78, 5) is 18.0. The highest BCUT2D eigenvalue weighted by atomic mass is 19.4. The highest BCUT2D eigenvalue weighted by molar-refractivity contribution is 5.61. The number of aromatic amines is 1. The van der Waals surface area contributed by atoms with Gasteiger partial charge in [-0.3, -0.25) is 20.2 Å². The molecule has 0 amide bonds. The molecule has 0 atom stereocenters. The summed E-state index contributed by atoms with van der Waals surface area (Å²) in [6, 6.07) is 7.75. The first kappa shape index (κ1) is 15.6. The van der Waals surface area contributed by atoms with Crippen LogP contribution in [0.2, 0.25) is 0 Å². The van der Waals surface area contributed by atoms with E-state index in [0.717, 1.165) is 6.07 Å². The number of halogens is 3. The van der Waals surface area contributed by atoms with Crippen molar-refractivity contribution in [3.05, 3.63) is 58.3 Å². The second-order valence-corrected chi connectivity index (χ2v) is 4.74. The first-order valence-corrected chi connectivity index (χ1v) is 6.55. The third-order valence-corrected chi connectivity index (χ3v) is 3.13. The van der Waals surface area contributed by atoms with Crippen molar-refractivity contribution in [2.75, 3.05) is 0 Å². The minimum Gasteiger partial charge on any atom is -0.258 e. The summed E-state index contributed by atoms with van der Waals surface area (Å²) in [5.41, 5.74) is -0.415. The molecule has 10 heteroatoms. The number of H-pyrrole nitrogens is 1. The van der Waals surface area contributed by atoms with E-state index in [0.29, 0.717) is 11.8 Å². The van der Waals surface area contributed by atoms with Crippen LogP contribution in [0, 0.1) is 10.1 Å². The molecule has 2 heterocycles. The zero-order valence-corrected chi connectivity index (χ0v) is 11.8. The van der Waals surface area contributed by atoms with Crippen molar-refractivity contribution in [2.45, 2.75) is 6.18 Å². The minimum absolute atomic E-state index is 0.119. The summed E-state index contributed by atoms with van der Waals surface area (Å²) in [5.74, 6) is 0.334. The normalized spacial score (nSPS) is 11.5. The van der Waals surface area contributed by atoms with Crippen LogP contribution in [0.5, 0.6) is 0 Å². The fourth-order valence-electron chi connectivity index (χ4n) is 1.97. The lowest BCUT2D eigenvalue weighted by Gasteiger charge is -2.05. The van der Waals surface area contributed by atoms with Gasteiger partial charge in [0.1, 0.15) is 5.69 Å². The van der Waals surface area contributed by atoms with E-state index in [1.807, 2.05) is 0 Å². The van der Waals surface area contributed by atoms with Gasteiger partial charge in [-0.1, -0.05) is 12.1 Å². The molecule has 3 aromatic rings. The number of pyridine rings is 1. The fraction of sp³-hybridized carbons (Fsp3) is 0.0714. The van der Waals surface area contributed by atoms with Crippen molar-refractivity contribution in [3.63, 3.8) is 0 Å². The van der Waals surface area contributed by atoms with Crippen LogP contribution < -0.4 is 0 Å². The van der Waals surface area contributed by atoms with Crippen LogP contribution >= 0.6 is 0 Å². The van der Waals surface area contributed by atoms with Gasteiger partial charge in [0.2, 0.25) is 0 Å². The average molecular weight is 335 g/mol. The number of hydrogen-bond donors (Lipinski definition) is 1. The van der Waals surface area contributed by atoms with E-state index in [1.54, 1.807) is 6.07 Å². The smallest absolute Gasteiger partial charge is 0.258 e. The first-order chi connectivity index (χ1) is 11.3. The van der Waals surface area contributed by atoms with E-state index in [2.05, 4.69) is 20.2 Å². The Kier molecular flexibility index (Phi) is 3.72. The van der Waals surface area contributed by atoms with E-state index in [-0.39, 0.29) is 23.0 Å².